The monoisotopic (exact) mass is 305 g/mol. The molecule has 0 aliphatic rings. The van der Waals surface area contributed by atoms with Gasteiger partial charge >= 0.3 is 0 Å². The van der Waals surface area contributed by atoms with E-state index in [2.05, 4.69) is 27.7 Å². The fourth-order valence-corrected chi connectivity index (χ4v) is 1.84. The lowest BCUT2D eigenvalue weighted by atomic mass is 10.2. The van der Waals surface area contributed by atoms with Gasteiger partial charge < -0.3 is 9.47 Å². The Kier molecular flexibility index (Phi) is 5.29. The number of nitrogens with zero attached hydrogens (tertiary/aromatic N) is 4. The van der Waals surface area contributed by atoms with Gasteiger partial charge in [-0.2, -0.15) is 4.80 Å². The Labute approximate surface area is 128 Å². The van der Waals surface area contributed by atoms with E-state index in [1.807, 2.05) is 0 Å². The first-order chi connectivity index (χ1) is 10.7. The molecule has 0 radical (unpaired) electrons. The number of methoxy groups -OCH3 is 2. The second-order valence-corrected chi connectivity index (χ2v) is 4.59. The van der Waals surface area contributed by atoms with E-state index in [-0.39, 0.29) is 11.9 Å². The molecule has 0 saturated carbocycles. The van der Waals surface area contributed by atoms with Crippen LogP contribution in [-0.2, 0) is 6.54 Å². The molecule has 1 N–H and O–H groups in total. The van der Waals surface area contributed by atoms with Crippen LogP contribution in [0.3, 0.4) is 0 Å². The number of ether oxygens (including phenoxy) is 2. The highest BCUT2D eigenvalue weighted by molar-refractivity contribution is 6.03. The van der Waals surface area contributed by atoms with E-state index in [9.17, 15) is 4.79 Å². The second kappa shape index (κ2) is 7.39. The van der Waals surface area contributed by atoms with Gasteiger partial charge in [0.05, 0.1) is 20.8 Å². The summed E-state index contributed by atoms with van der Waals surface area (Å²) in [5, 5.41) is 14.4. The first-order valence-electron chi connectivity index (χ1n) is 6.99. The molecule has 2 rings (SSSR count). The zero-order valence-corrected chi connectivity index (χ0v) is 12.9. The summed E-state index contributed by atoms with van der Waals surface area (Å²) >= 11 is 0. The minimum absolute atomic E-state index is 0.177. The Hall–Kier alpha value is -2.64. The third kappa shape index (κ3) is 3.72. The maximum atomic E-state index is 12.2. The van der Waals surface area contributed by atoms with Crippen LogP contribution in [0.2, 0.25) is 0 Å². The van der Waals surface area contributed by atoms with E-state index in [4.69, 9.17) is 9.47 Å². The highest BCUT2D eigenvalue weighted by Gasteiger charge is 2.13. The highest BCUT2D eigenvalue weighted by atomic mass is 16.5. The molecule has 1 amide bonds. The van der Waals surface area contributed by atoms with Gasteiger partial charge in [0.2, 0.25) is 0 Å². The van der Waals surface area contributed by atoms with Crippen molar-refractivity contribution in [2.75, 3.05) is 19.5 Å². The smallest absolute Gasteiger partial charge is 0.270 e. The molecule has 1 aromatic carbocycles. The van der Waals surface area contributed by atoms with Crippen molar-refractivity contribution in [2.24, 2.45) is 0 Å². The molecule has 2 aromatic rings. The topological polar surface area (TPSA) is 91.2 Å². The van der Waals surface area contributed by atoms with Crippen LogP contribution >= 0.6 is 0 Å². The molecule has 8 heteroatoms. The molecule has 1 aromatic heterocycles. The molecule has 0 bridgehead atoms. The SMILES string of the molecule is CCCCn1nnc(NC(=O)c2ccc(OC)c(OC)c2)n1. The van der Waals surface area contributed by atoms with Gasteiger partial charge in [0.1, 0.15) is 0 Å². The zero-order valence-electron chi connectivity index (χ0n) is 12.9. The van der Waals surface area contributed by atoms with E-state index >= 15 is 0 Å². The van der Waals surface area contributed by atoms with Crippen molar-refractivity contribution >= 4 is 11.9 Å². The third-order valence-electron chi connectivity index (χ3n) is 3.04. The van der Waals surface area contributed by atoms with Gasteiger partial charge in [-0.25, -0.2) is 0 Å². The van der Waals surface area contributed by atoms with E-state index in [0.717, 1.165) is 12.8 Å². The van der Waals surface area contributed by atoms with Gasteiger partial charge in [-0.1, -0.05) is 18.4 Å². The normalized spacial score (nSPS) is 10.3. The van der Waals surface area contributed by atoms with E-state index < -0.39 is 0 Å². The van der Waals surface area contributed by atoms with Gasteiger partial charge in [-0.3, -0.25) is 10.1 Å². The van der Waals surface area contributed by atoms with Crippen LogP contribution in [0, 0.1) is 0 Å². The summed E-state index contributed by atoms with van der Waals surface area (Å²) < 4.78 is 10.3. The Morgan fingerprint density at radius 3 is 2.73 bits per heavy atom. The highest BCUT2D eigenvalue weighted by Crippen LogP contribution is 2.27. The zero-order chi connectivity index (χ0) is 15.9. The fourth-order valence-electron chi connectivity index (χ4n) is 1.84. The summed E-state index contributed by atoms with van der Waals surface area (Å²) in [5.74, 6) is 0.879. The van der Waals surface area contributed by atoms with Crippen LogP contribution in [0.4, 0.5) is 5.95 Å². The number of benzene rings is 1. The van der Waals surface area contributed by atoms with Crippen LogP contribution in [0.5, 0.6) is 11.5 Å². The molecule has 1 heterocycles. The molecule has 0 spiro atoms. The average molecular weight is 305 g/mol. The van der Waals surface area contributed by atoms with Crippen LogP contribution in [-0.4, -0.2) is 40.3 Å². The molecule has 0 aliphatic carbocycles. The summed E-state index contributed by atoms with van der Waals surface area (Å²) in [6.07, 6.45) is 1.99. The Bertz CT molecular complexity index is 641. The number of nitrogens with one attached hydrogen (secondary N) is 1. The number of hydrogen-bond donors (Lipinski definition) is 1. The van der Waals surface area contributed by atoms with Gasteiger partial charge in [-0.05, 0) is 29.8 Å². The quantitative estimate of drug-likeness (QED) is 0.838. The third-order valence-corrected chi connectivity index (χ3v) is 3.04. The van der Waals surface area contributed by atoms with Crippen molar-refractivity contribution in [1.29, 1.82) is 0 Å². The van der Waals surface area contributed by atoms with Crippen molar-refractivity contribution < 1.29 is 14.3 Å². The number of aromatic nitrogens is 4. The van der Waals surface area contributed by atoms with Crippen LogP contribution in [0.15, 0.2) is 18.2 Å². The predicted octanol–water partition coefficient (Wildman–Crippen LogP) is 1.74. The lowest BCUT2D eigenvalue weighted by molar-refractivity contribution is 0.102. The molecule has 8 nitrogen and oxygen atoms in total. The first kappa shape index (κ1) is 15.7. The van der Waals surface area contributed by atoms with Crippen LogP contribution in [0.1, 0.15) is 30.1 Å². The molecule has 0 atom stereocenters. The average Bonchev–Trinajstić information content (AvgIpc) is 2.99. The number of anilines is 1. The summed E-state index contributed by atoms with van der Waals surface area (Å²) in [7, 11) is 3.05. The number of carbonyl (C=O) groups is 1. The predicted molar refractivity (Wildman–Crippen MR) is 80.2 cm³/mol. The van der Waals surface area contributed by atoms with Gasteiger partial charge in [0, 0.05) is 5.56 Å². The number of unbranched alkanes of at least 4 members (excludes halogenated alkanes) is 1. The maximum absolute atomic E-state index is 12.2. The van der Waals surface area contributed by atoms with E-state index in [1.165, 1.54) is 19.0 Å². The lowest BCUT2D eigenvalue weighted by Gasteiger charge is -2.08. The summed E-state index contributed by atoms with van der Waals surface area (Å²) in [5.41, 5.74) is 0.419. The molecule has 22 heavy (non-hydrogen) atoms. The van der Waals surface area contributed by atoms with E-state index in [1.54, 1.807) is 18.2 Å². The standard InChI is InChI=1S/C14H19N5O3/c1-4-5-8-19-17-14(16-18-19)15-13(20)10-6-7-11(21-2)12(9-10)22-3/h6-7,9H,4-5,8H2,1-3H3,(H,15,17,20). The largest absolute Gasteiger partial charge is 0.493 e. The minimum Gasteiger partial charge on any atom is -0.493 e. The Balaban J connectivity index is 2.07. The molecule has 0 fully saturated rings. The Morgan fingerprint density at radius 2 is 2.05 bits per heavy atom. The molecule has 0 unspecified atom stereocenters. The van der Waals surface area contributed by atoms with E-state index in [0.29, 0.717) is 23.6 Å². The van der Waals surface area contributed by atoms with Crippen LogP contribution < -0.4 is 14.8 Å². The molecule has 118 valence electrons. The van der Waals surface area contributed by atoms with Crippen molar-refractivity contribution in [1.82, 2.24) is 20.2 Å². The summed E-state index contributed by atoms with van der Waals surface area (Å²) in [6, 6.07) is 4.90. The van der Waals surface area contributed by atoms with Gasteiger partial charge in [0.25, 0.3) is 11.9 Å². The summed E-state index contributed by atoms with van der Waals surface area (Å²) in [4.78, 5) is 13.6. The van der Waals surface area contributed by atoms with Crippen molar-refractivity contribution in [3.63, 3.8) is 0 Å². The van der Waals surface area contributed by atoms with Crippen molar-refractivity contribution in [3.8, 4) is 11.5 Å². The molecular formula is C14H19N5O3. The number of aryl methyl sites for hydroxylation is 1. The fraction of sp³-hybridized carbons (Fsp3) is 0.429. The number of hydrogen-bond acceptors (Lipinski definition) is 6. The molecule has 0 aliphatic heterocycles. The van der Waals surface area contributed by atoms with Gasteiger partial charge in [0.15, 0.2) is 11.5 Å². The lowest BCUT2D eigenvalue weighted by Crippen LogP contribution is -2.13. The van der Waals surface area contributed by atoms with Crippen molar-refractivity contribution in [2.45, 2.75) is 26.3 Å². The summed E-state index contributed by atoms with van der Waals surface area (Å²) in [6.45, 7) is 2.76. The second-order valence-electron chi connectivity index (χ2n) is 4.59. The number of carbonyl (C=O) groups excluding carboxylic acids is 1. The number of amides is 1. The van der Waals surface area contributed by atoms with Crippen LogP contribution in [0.25, 0.3) is 0 Å². The first-order valence-corrected chi connectivity index (χ1v) is 6.99. The number of rotatable bonds is 7. The minimum atomic E-state index is -0.337. The number of tetrazole rings is 1. The molecular weight excluding hydrogens is 286 g/mol. The Morgan fingerprint density at radius 1 is 1.27 bits per heavy atom. The maximum Gasteiger partial charge on any atom is 0.270 e. The van der Waals surface area contributed by atoms with Gasteiger partial charge in [-0.15, -0.1) is 5.10 Å². The van der Waals surface area contributed by atoms with Crippen molar-refractivity contribution in [3.05, 3.63) is 23.8 Å². The molecule has 0 saturated heterocycles.